The first-order chi connectivity index (χ1) is 8.97. The summed E-state index contributed by atoms with van der Waals surface area (Å²) in [7, 11) is 0. The van der Waals surface area contributed by atoms with Gasteiger partial charge in [-0.25, -0.2) is 4.98 Å². The van der Waals surface area contributed by atoms with Gasteiger partial charge in [0.25, 0.3) is 0 Å². The average molecular weight is 336 g/mol. The smallest absolute Gasteiger partial charge is 0.243 e. The molecule has 3 nitrogen and oxygen atoms in total. The van der Waals surface area contributed by atoms with Crippen LogP contribution in [0.4, 0.5) is 5.82 Å². The van der Waals surface area contributed by atoms with Gasteiger partial charge in [0.2, 0.25) is 5.91 Å². The summed E-state index contributed by atoms with van der Waals surface area (Å²) in [6.45, 7) is 1.60. The molecule has 2 aromatic rings. The fourth-order valence-electron chi connectivity index (χ4n) is 1.34. The number of hydrogen-bond donors (Lipinski definition) is 1. The molecule has 0 spiro atoms. The molecular weight excluding hydrogens is 327 g/mol. The van der Waals surface area contributed by atoms with Crippen LogP contribution in [0.1, 0.15) is 6.92 Å². The Morgan fingerprint density at radius 3 is 2.79 bits per heavy atom. The number of nitrogens with one attached hydrogen (secondary N) is 1. The molecule has 1 aromatic carbocycles. The van der Waals surface area contributed by atoms with Crippen molar-refractivity contribution in [2.45, 2.75) is 12.3 Å². The van der Waals surface area contributed by atoms with E-state index in [-0.39, 0.29) is 5.91 Å². The SMILES string of the molecule is CC(Cl)C(=O)Nc1csc(-c2ccc(Cl)cc2Cl)n1. The van der Waals surface area contributed by atoms with Crippen LogP contribution in [0.3, 0.4) is 0 Å². The van der Waals surface area contributed by atoms with Gasteiger partial charge < -0.3 is 5.32 Å². The molecular formula is C12H9Cl3N2OS. The molecule has 0 saturated carbocycles. The number of nitrogens with zero attached hydrogens (tertiary/aromatic N) is 1. The summed E-state index contributed by atoms with van der Waals surface area (Å²) in [5.41, 5.74) is 0.774. The standard InChI is InChI=1S/C12H9Cl3N2OS/c1-6(13)11(18)16-10-5-19-12(17-10)8-3-2-7(14)4-9(8)15/h2-6H,1H3,(H,16,18). The van der Waals surface area contributed by atoms with Crippen molar-refractivity contribution in [3.8, 4) is 10.6 Å². The van der Waals surface area contributed by atoms with Crippen molar-refractivity contribution >= 4 is 57.9 Å². The van der Waals surface area contributed by atoms with Crippen molar-refractivity contribution in [2.75, 3.05) is 5.32 Å². The Kier molecular flexibility index (Phi) is 4.68. The monoisotopic (exact) mass is 334 g/mol. The minimum Gasteiger partial charge on any atom is -0.309 e. The molecule has 19 heavy (non-hydrogen) atoms. The van der Waals surface area contributed by atoms with E-state index in [9.17, 15) is 4.79 Å². The number of anilines is 1. The van der Waals surface area contributed by atoms with Crippen LogP contribution in [0.5, 0.6) is 0 Å². The number of alkyl halides is 1. The van der Waals surface area contributed by atoms with Gasteiger partial charge in [0.15, 0.2) is 0 Å². The number of hydrogen-bond acceptors (Lipinski definition) is 3. The zero-order chi connectivity index (χ0) is 14.0. The summed E-state index contributed by atoms with van der Waals surface area (Å²) in [5, 5.41) is 5.54. The predicted octanol–water partition coefficient (Wildman–Crippen LogP) is 4.68. The van der Waals surface area contributed by atoms with Gasteiger partial charge in [-0.05, 0) is 25.1 Å². The van der Waals surface area contributed by atoms with Gasteiger partial charge in [0.05, 0.1) is 5.02 Å². The van der Waals surface area contributed by atoms with Crippen LogP contribution in [0.15, 0.2) is 23.6 Å². The van der Waals surface area contributed by atoms with Crippen LogP contribution < -0.4 is 5.32 Å². The fourth-order valence-corrected chi connectivity index (χ4v) is 2.74. The quantitative estimate of drug-likeness (QED) is 0.827. The lowest BCUT2D eigenvalue weighted by atomic mass is 10.2. The number of amides is 1. The minimum atomic E-state index is -0.607. The molecule has 0 aliphatic heterocycles. The molecule has 0 saturated heterocycles. The third-order valence-corrected chi connectivity index (χ3v) is 3.90. The fraction of sp³-hybridized carbons (Fsp3) is 0.167. The highest BCUT2D eigenvalue weighted by Crippen LogP contribution is 2.33. The number of benzene rings is 1. The number of carbonyl (C=O) groups is 1. The van der Waals surface area contributed by atoms with Crippen LogP contribution >= 0.6 is 46.1 Å². The van der Waals surface area contributed by atoms with E-state index in [1.165, 1.54) is 11.3 Å². The van der Waals surface area contributed by atoms with Crippen molar-refractivity contribution in [1.82, 2.24) is 4.98 Å². The molecule has 7 heteroatoms. The Bertz CT molecular complexity index is 613. The zero-order valence-corrected chi connectivity index (χ0v) is 12.9. The molecule has 0 radical (unpaired) electrons. The van der Waals surface area contributed by atoms with E-state index < -0.39 is 5.38 Å². The van der Waals surface area contributed by atoms with Gasteiger partial charge in [-0.3, -0.25) is 4.79 Å². The highest BCUT2D eigenvalue weighted by atomic mass is 35.5. The van der Waals surface area contributed by atoms with E-state index in [0.29, 0.717) is 20.9 Å². The van der Waals surface area contributed by atoms with E-state index in [1.54, 1.807) is 30.5 Å². The van der Waals surface area contributed by atoms with Gasteiger partial charge >= 0.3 is 0 Å². The van der Waals surface area contributed by atoms with Gasteiger partial charge in [-0.2, -0.15) is 0 Å². The summed E-state index contributed by atoms with van der Waals surface area (Å²) < 4.78 is 0. The number of halogens is 3. The van der Waals surface area contributed by atoms with Crippen LogP contribution in [0.25, 0.3) is 10.6 Å². The number of aromatic nitrogens is 1. The molecule has 0 fully saturated rings. The first-order valence-electron chi connectivity index (χ1n) is 5.33. The van der Waals surface area contributed by atoms with Gasteiger partial charge in [0.1, 0.15) is 16.2 Å². The predicted molar refractivity (Wildman–Crippen MR) is 81.5 cm³/mol. The van der Waals surface area contributed by atoms with Gasteiger partial charge in [-0.1, -0.05) is 23.2 Å². The highest BCUT2D eigenvalue weighted by molar-refractivity contribution is 7.13. The molecule has 1 aromatic heterocycles. The van der Waals surface area contributed by atoms with E-state index >= 15 is 0 Å². The van der Waals surface area contributed by atoms with E-state index in [2.05, 4.69) is 10.3 Å². The minimum absolute atomic E-state index is 0.291. The molecule has 1 N–H and O–H groups in total. The molecule has 2 rings (SSSR count). The second-order valence-corrected chi connectivity index (χ2v) is 6.12. The number of thiazole rings is 1. The Hall–Kier alpha value is -0.810. The van der Waals surface area contributed by atoms with Crippen molar-refractivity contribution in [1.29, 1.82) is 0 Å². The summed E-state index contributed by atoms with van der Waals surface area (Å²) in [4.78, 5) is 15.7. The van der Waals surface area contributed by atoms with Crippen molar-refractivity contribution in [3.05, 3.63) is 33.6 Å². The normalized spacial score (nSPS) is 12.2. The van der Waals surface area contributed by atoms with E-state index in [0.717, 1.165) is 5.56 Å². The number of carbonyl (C=O) groups excluding carboxylic acids is 1. The largest absolute Gasteiger partial charge is 0.309 e. The van der Waals surface area contributed by atoms with Crippen molar-refractivity contribution in [3.63, 3.8) is 0 Å². The molecule has 0 aliphatic carbocycles. The average Bonchev–Trinajstić information content (AvgIpc) is 2.77. The summed E-state index contributed by atoms with van der Waals surface area (Å²) in [6, 6.07) is 5.18. The van der Waals surface area contributed by atoms with Gasteiger partial charge in [-0.15, -0.1) is 22.9 Å². The lowest BCUT2D eigenvalue weighted by Crippen LogP contribution is -2.20. The maximum atomic E-state index is 11.4. The van der Waals surface area contributed by atoms with Crippen LogP contribution in [0.2, 0.25) is 10.0 Å². The van der Waals surface area contributed by atoms with Crippen molar-refractivity contribution in [2.24, 2.45) is 0 Å². The first kappa shape index (κ1) is 14.6. The van der Waals surface area contributed by atoms with Crippen LogP contribution in [-0.2, 0) is 4.79 Å². The molecule has 1 unspecified atom stereocenters. The molecule has 100 valence electrons. The Labute approximate surface area is 129 Å². The second-order valence-electron chi connectivity index (χ2n) is 3.77. The Balaban J connectivity index is 2.23. The maximum Gasteiger partial charge on any atom is 0.243 e. The summed E-state index contributed by atoms with van der Waals surface area (Å²) >= 11 is 19.0. The third kappa shape index (κ3) is 3.60. The molecule has 0 bridgehead atoms. The Morgan fingerprint density at radius 1 is 1.42 bits per heavy atom. The second kappa shape index (κ2) is 6.09. The molecule has 1 amide bonds. The zero-order valence-electron chi connectivity index (χ0n) is 9.78. The van der Waals surface area contributed by atoms with E-state index in [1.807, 2.05) is 0 Å². The van der Waals surface area contributed by atoms with Crippen LogP contribution in [-0.4, -0.2) is 16.3 Å². The Morgan fingerprint density at radius 2 is 2.16 bits per heavy atom. The van der Waals surface area contributed by atoms with Gasteiger partial charge in [0, 0.05) is 16.0 Å². The number of rotatable bonds is 3. The van der Waals surface area contributed by atoms with Crippen LogP contribution in [0, 0.1) is 0 Å². The van der Waals surface area contributed by atoms with E-state index in [4.69, 9.17) is 34.8 Å². The highest BCUT2D eigenvalue weighted by Gasteiger charge is 2.13. The molecule has 1 heterocycles. The summed E-state index contributed by atoms with van der Waals surface area (Å²) in [5.74, 6) is 0.171. The maximum absolute atomic E-state index is 11.4. The van der Waals surface area contributed by atoms with Crippen molar-refractivity contribution < 1.29 is 4.79 Å². The first-order valence-corrected chi connectivity index (χ1v) is 7.40. The summed E-state index contributed by atoms with van der Waals surface area (Å²) in [6.07, 6.45) is 0. The lowest BCUT2D eigenvalue weighted by molar-refractivity contribution is -0.115. The molecule has 0 aliphatic rings. The topological polar surface area (TPSA) is 42.0 Å². The third-order valence-electron chi connectivity index (χ3n) is 2.28. The lowest BCUT2D eigenvalue weighted by Gasteiger charge is -2.03. The molecule has 1 atom stereocenters.